The first-order valence-electron chi connectivity index (χ1n) is 6.78. The van der Waals surface area contributed by atoms with Crippen LogP contribution in [0, 0.1) is 0 Å². The van der Waals surface area contributed by atoms with E-state index in [9.17, 15) is 4.79 Å². The second-order valence-corrected chi connectivity index (χ2v) is 7.31. The Morgan fingerprint density at radius 3 is 2.95 bits per heavy atom. The standard InChI is InChI=1S/C15H17ClN2O2S/c1-15(2)8-18(5-6-20-15)14(19)13-12(17)10-4-3-9(16)7-11(10)21-13/h3-4,7H,5-6,8,17H2,1-2H3. The summed E-state index contributed by atoms with van der Waals surface area (Å²) in [5.41, 5.74) is 6.38. The van der Waals surface area contributed by atoms with Crippen LogP contribution in [-0.2, 0) is 4.74 Å². The second-order valence-electron chi connectivity index (χ2n) is 5.82. The van der Waals surface area contributed by atoms with Gasteiger partial charge >= 0.3 is 0 Å². The van der Waals surface area contributed by atoms with Crippen LogP contribution >= 0.6 is 22.9 Å². The minimum Gasteiger partial charge on any atom is -0.397 e. The molecule has 0 bridgehead atoms. The Bertz CT molecular complexity index is 711. The number of hydrogen-bond acceptors (Lipinski definition) is 4. The normalized spacial score (nSPS) is 18.1. The average Bonchev–Trinajstić information content (AvgIpc) is 2.73. The molecule has 1 saturated heterocycles. The number of nitrogens with two attached hydrogens (primary N) is 1. The van der Waals surface area contributed by atoms with Crippen LogP contribution in [0.4, 0.5) is 5.69 Å². The van der Waals surface area contributed by atoms with Crippen molar-refractivity contribution < 1.29 is 9.53 Å². The molecule has 0 radical (unpaired) electrons. The fourth-order valence-electron chi connectivity index (χ4n) is 2.58. The molecule has 2 heterocycles. The van der Waals surface area contributed by atoms with Gasteiger partial charge in [0.2, 0.25) is 0 Å². The van der Waals surface area contributed by atoms with Crippen LogP contribution in [0.25, 0.3) is 10.1 Å². The Morgan fingerprint density at radius 2 is 2.24 bits per heavy atom. The van der Waals surface area contributed by atoms with Crippen molar-refractivity contribution in [3.8, 4) is 0 Å². The van der Waals surface area contributed by atoms with Crippen LogP contribution in [0.1, 0.15) is 23.5 Å². The first-order chi connectivity index (χ1) is 9.87. The maximum Gasteiger partial charge on any atom is 0.266 e. The minimum atomic E-state index is -0.317. The van der Waals surface area contributed by atoms with Gasteiger partial charge in [-0.05, 0) is 32.0 Å². The molecule has 1 aliphatic heterocycles. The number of hydrogen-bond donors (Lipinski definition) is 1. The summed E-state index contributed by atoms with van der Waals surface area (Å²) in [4.78, 5) is 15.1. The third-order valence-corrected chi connectivity index (χ3v) is 4.99. The van der Waals surface area contributed by atoms with Gasteiger partial charge in [-0.3, -0.25) is 4.79 Å². The summed E-state index contributed by atoms with van der Waals surface area (Å²) in [5.74, 6) is -0.0267. The molecule has 1 aliphatic rings. The Morgan fingerprint density at radius 1 is 1.48 bits per heavy atom. The van der Waals surface area contributed by atoms with E-state index in [0.29, 0.717) is 35.3 Å². The third kappa shape index (κ3) is 2.73. The molecular weight excluding hydrogens is 308 g/mol. The molecule has 1 aromatic heterocycles. The van der Waals surface area contributed by atoms with Gasteiger partial charge in [-0.2, -0.15) is 0 Å². The van der Waals surface area contributed by atoms with E-state index >= 15 is 0 Å². The number of ether oxygens (including phenoxy) is 1. The molecule has 0 unspecified atom stereocenters. The Kier molecular flexibility index (Phi) is 3.59. The molecule has 1 amide bonds. The first-order valence-corrected chi connectivity index (χ1v) is 7.97. The predicted octanol–water partition coefficient (Wildman–Crippen LogP) is 3.39. The number of halogens is 1. The number of benzene rings is 1. The van der Waals surface area contributed by atoms with Crippen LogP contribution in [0.2, 0.25) is 5.02 Å². The molecule has 6 heteroatoms. The monoisotopic (exact) mass is 324 g/mol. The van der Waals surface area contributed by atoms with E-state index in [0.717, 1.165) is 10.1 Å². The van der Waals surface area contributed by atoms with Gasteiger partial charge < -0.3 is 15.4 Å². The number of nitrogen functional groups attached to an aromatic ring is 1. The Labute approximate surface area is 132 Å². The summed E-state index contributed by atoms with van der Waals surface area (Å²) < 4.78 is 6.59. The lowest BCUT2D eigenvalue weighted by Gasteiger charge is -2.38. The lowest BCUT2D eigenvalue weighted by Crippen LogP contribution is -2.50. The van der Waals surface area contributed by atoms with E-state index in [2.05, 4.69) is 0 Å². The summed E-state index contributed by atoms with van der Waals surface area (Å²) in [6, 6.07) is 5.50. The van der Waals surface area contributed by atoms with Gasteiger partial charge in [0.05, 0.1) is 17.9 Å². The molecule has 4 nitrogen and oxygen atoms in total. The minimum absolute atomic E-state index is 0.0267. The SMILES string of the molecule is CC1(C)CN(C(=O)c2sc3cc(Cl)ccc3c2N)CCO1. The van der Waals surface area contributed by atoms with Crippen molar-refractivity contribution >= 4 is 44.6 Å². The number of amides is 1. The molecule has 1 aromatic carbocycles. The summed E-state index contributed by atoms with van der Waals surface area (Å²) in [7, 11) is 0. The number of thiophene rings is 1. The van der Waals surface area contributed by atoms with E-state index in [1.54, 1.807) is 6.07 Å². The summed E-state index contributed by atoms with van der Waals surface area (Å²) in [6.07, 6.45) is 0. The second kappa shape index (κ2) is 5.16. The zero-order valence-electron chi connectivity index (χ0n) is 12.0. The van der Waals surface area contributed by atoms with Crippen molar-refractivity contribution in [3.63, 3.8) is 0 Å². The van der Waals surface area contributed by atoms with E-state index < -0.39 is 0 Å². The van der Waals surface area contributed by atoms with Crippen molar-refractivity contribution in [1.29, 1.82) is 0 Å². The van der Waals surface area contributed by atoms with Gasteiger partial charge in [0.1, 0.15) is 4.88 Å². The molecular formula is C15H17ClN2O2S. The zero-order valence-corrected chi connectivity index (χ0v) is 13.6. The molecule has 0 aliphatic carbocycles. The van der Waals surface area contributed by atoms with Crippen LogP contribution in [0.3, 0.4) is 0 Å². The lowest BCUT2D eigenvalue weighted by atomic mass is 10.1. The highest BCUT2D eigenvalue weighted by atomic mass is 35.5. The number of rotatable bonds is 1. The molecule has 2 N–H and O–H groups in total. The number of morpholine rings is 1. The zero-order chi connectivity index (χ0) is 15.2. The topological polar surface area (TPSA) is 55.6 Å². The van der Waals surface area contributed by atoms with Crippen molar-refractivity contribution in [2.24, 2.45) is 0 Å². The maximum absolute atomic E-state index is 12.7. The molecule has 0 spiro atoms. The molecule has 112 valence electrons. The number of fused-ring (bicyclic) bond motifs is 1. The van der Waals surface area contributed by atoms with Gasteiger partial charge in [-0.1, -0.05) is 11.6 Å². The van der Waals surface area contributed by atoms with Gasteiger partial charge in [0.15, 0.2) is 0 Å². The van der Waals surface area contributed by atoms with E-state index in [-0.39, 0.29) is 11.5 Å². The van der Waals surface area contributed by atoms with Gasteiger partial charge in [-0.25, -0.2) is 0 Å². The van der Waals surface area contributed by atoms with Crippen molar-refractivity contribution in [3.05, 3.63) is 28.1 Å². The van der Waals surface area contributed by atoms with Crippen molar-refractivity contribution in [1.82, 2.24) is 4.90 Å². The quantitative estimate of drug-likeness (QED) is 0.874. The van der Waals surface area contributed by atoms with Crippen LogP contribution in [0.15, 0.2) is 18.2 Å². The van der Waals surface area contributed by atoms with Crippen molar-refractivity contribution in [2.45, 2.75) is 19.4 Å². The van der Waals surface area contributed by atoms with Crippen LogP contribution in [0.5, 0.6) is 0 Å². The fraction of sp³-hybridized carbons (Fsp3) is 0.400. The highest BCUT2D eigenvalue weighted by Gasteiger charge is 2.32. The smallest absolute Gasteiger partial charge is 0.266 e. The van der Waals surface area contributed by atoms with Gasteiger partial charge in [0.25, 0.3) is 5.91 Å². The summed E-state index contributed by atoms with van der Waals surface area (Å²) in [6.45, 7) is 5.69. The molecule has 0 atom stereocenters. The summed E-state index contributed by atoms with van der Waals surface area (Å²) in [5, 5.41) is 1.54. The highest BCUT2D eigenvalue weighted by Crippen LogP contribution is 2.36. The number of nitrogens with zero attached hydrogens (tertiary/aromatic N) is 1. The third-order valence-electron chi connectivity index (χ3n) is 3.60. The lowest BCUT2D eigenvalue weighted by molar-refractivity contribution is -0.0762. The van der Waals surface area contributed by atoms with Gasteiger partial charge in [-0.15, -0.1) is 11.3 Å². The van der Waals surface area contributed by atoms with E-state index in [1.807, 2.05) is 30.9 Å². The number of carbonyl (C=O) groups excluding carboxylic acids is 1. The fourth-order valence-corrected chi connectivity index (χ4v) is 3.95. The van der Waals surface area contributed by atoms with Crippen LogP contribution < -0.4 is 5.73 Å². The van der Waals surface area contributed by atoms with Crippen LogP contribution in [-0.4, -0.2) is 36.1 Å². The highest BCUT2D eigenvalue weighted by molar-refractivity contribution is 7.21. The Hall–Kier alpha value is -1.30. The predicted molar refractivity (Wildman–Crippen MR) is 87.2 cm³/mol. The van der Waals surface area contributed by atoms with E-state index in [1.165, 1.54) is 11.3 Å². The Balaban J connectivity index is 1.96. The average molecular weight is 325 g/mol. The van der Waals surface area contributed by atoms with Gasteiger partial charge in [0, 0.05) is 28.2 Å². The summed E-state index contributed by atoms with van der Waals surface area (Å²) >= 11 is 7.40. The number of carbonyl (C=O) groups is 1. The first kappa shape index (κ1) is 14.6. The molecule has 2 aromatic rings. The van der Waals surface area contributed by atoms with E-state index in [4.69, 9.17) is 22.1 Å². The van der Waals surface area contributed by atoms with Crippen molar-refractivity contribution in [2.75, 3.05) is 25.4 Å². The molecule has 21 heavy (non-hydrogen) atoms. The number of anilines is 1. The largest absolute Gasteiger partial charge is 0.397 e. The molecule has 1 fully saturated rings. The molecule has 3 rings (SSSR count). The maximum atomic E-state index is 12.7. The molecule has 0 saturated carbocycles.